The summed E-state index contributed by atoms with van der Waals surface area (Å²) >= 11 is 0. The van der Waals surface area contributed by atoms with E-state index in [1.165, 1.54) is 51.6 Å². The number of piperidine rings is 2. The van der Waals surface area contributed by atoms with Crippen LogP contribution in [0.2, 0.25) is 0 Å². The molecule has 3 fully saturated rings. The van der Waals surface area contributed by atoms with E-state index in [0.29, 0.717) is 6.42 Å². The molecule has 2 aliphatic heterocycles. The van der Waals surface area contributed by atoms with Gasteiger partial charge in [-0.15, -0.1) is 0 Å². The molecule has 4 unspecified atom stereocenters. The summed E-state index contributed by atoms with van der Waals surface area (Å²) in [5.41, 5.74) is 0. The molecule has 19 heavy (non-hydrogen) atoms. The quantitative estimate of drug-likeness (QED) is 0.849. The molecular weight excluding hydrogens is 238 g/mol. The van der Waals surface area contributed by atoms with E-state index in [0.717, 1.165) is 36.6 Å². The van der Waals surface area contributed by atoms with Crippen molar-refractivity contribution in [2.45, 2.75) is 63.8 Å². The molecule has 0 radical (unpaired) electrons. The highest BCUT2D eigenvalue weighted by molar-refractivity contribution is 5.66. The van der Waals surface area contributed by atoms with Crippen LogP contribution in [-0.4, -0.2) is 35.1 Å². The van der Waals surface area contributed by atoms with Gasteiger partial charge in [0.15, 0.2) is 0 Å². The Bertz CT molecular complexity index is 322. The maximum Gasteiger partial charge on any atom is 0.303 e. The summed E-state index contributed by atoms with van der Waals surface area (Å²) in [7, 11) is 0. The van der Waals surface area contributed by atoms with Gasteiger partial charge in [0, 0.05) is 12.5 Å². The molecule has 2 saturated heterocycles. The summed E-state index contributed by atoms with van der Waals surface area (Å²) in [5, 5.41) is 8.80. The van der Waals surface area contributed by atoms with Gasteiger partial charge < -0.3 is 5.11 Å². The maximum atomic E-state index is 10.7. The number of carboxylic acids is 1. The van der Waals surface area contributed by atoms with Crippen molar-refractivity contribution in [1.82, 2.24) is 4.90 Å². The number of hydrogen-bond acceptors (Lipinski definition) is 2. The Kier molecular flexibility index (Phi) is 4.11. The van der Waals surface area contributed by atoms with Crippen LogP contribution in [0.25, 0.3) is 0 Å². The minimum absolute atomic E-state index is 0.362. The largest absolute Gasteiger partial charge is 0.481 e. The average Bonchev–Trinajstić information content (AvgIpc) is 2.41. The molecule has 0 spiro atoms. The standard InChI is InChI=1S/C16H27NO2/c18-15(19)7-1-4-12-8-9-13-5-2-10-17-11-3-6-14(12)16(13)17/h12-14,16H,1-11H2,(H,18,19). The van der Waals surface area contributed by atoms with Crippen LogP contribution in [0.4, 0.5) is 0 Å². The molecule has 4 atom stereocenters. The molecule has 0 aromatic heterocycles. The maximum absolute atomic E-state index is 10.7. The number of carbonyl (C=O) groups is 1. The Balaban J connectivity index is 1.62. The first-order valence-corrected chi connectivity index (χ1v) is 8.21. The Morgan fingerprint density at radius 2 is 1.89 bits per heavy atom. The highest BCUT2D eigenvalue weighted by atomic mass is 16.4. The van der Waals surface area contributed by atoms with Crippen LogP contribution in [0.3, 0.4) is 0 Å². The lowest BCUT2D eigenvalue weighted by atomic mass is 9.63. The third-order valence-electron chi connectivity index (χ3n) is 5.83. The molecule has 3 rings (SSSR count). The number of hydrogen-bond donors (Lipinski definition) is 1. The van der Waals surface area contributed by atoms with Crippen LogP contribution < -0.4 is 0 Å². The van der Waals surface area contributed by atoms with E-state index < -0.39 is 5.97 Å². The van der Waals surface area contributed by atoms with Crippen molar-refractivity contribution in [2.24, 2.45) is 17.8 Å². The zero-order valence-electron chi connectivity index (χ0n) is 11.9. The molecule has 0 aromatic carbocycles. The molecule has 108 valence electrons. The van der Waals surface area contributed by atoms with Crippen molar-refractivity contribution in [3.05, 3.63) is 0 Å². The number of rotatable bonds is 4. The van der Waals surface area contributed by atoms with Crippen LogP contribution >= 0.6 is 0 Å². The summed E-state index contributed by atoms with van der Waals surface area (Å²) < 4.78 is 0. The van der Waals surface area contributed by atoms with Gasteiger partial charge in [-0.1, -0.05) is 0 Å². The van der Waals surface area contributed by atoms with E-state index in [4.69, 9.17) is 5.11 Å². The van der Waals surface area contributed by atoms with Crippen molar-refractivity contribution < 1.29 is 9.90 Å². The second-order valence-electron chi connectivity index (χ2n) is 6.86. The molecule has 0 amide bonds. The van der Waals surface area contributed by atoms with E-state index in [2.05, 4.69) is 4.90 Å². The fourth-order valence-corrected chi connectivity index (χ4v) is 5.10. The minimum atomic E-state index is -0.628. The zero-order valence-corrected chi connectivity index (χ0v) is 11.9. The van der Waals surface area contributed by atoms with E-state index in [-0.39, 0.29) is 0 Å². The molecule has 0 aromatic rings. The van der Waals surface area contributed by atoms with E-state index in [1.807, 2.05) is 0 Å². The van der Waals surface area contributed by atoms with Gasteiger partial charge >= 0.3 is 5.97 Å². The average molecular weight is 265 g/mol. The van der Waals surface area contributed by atoms with Gasteiger partial charge in [0.05, 0.1) is 0 Å². The fourth-order valence-electron chi connectivity index (χ4n) is 5.10. The van der Waals surface area contributed by atoms with Gasteiger partial charge in [-0.3, -0.25) is 9.69 Å². The number of nitrogens with zero attached hydrogens (tertiary/aromatic N) is 1. The van der Waals surface area contributed by atoms with Gasteiger partial charge in [0.25, 0.3) is 0 Å². The van der Waals surface area contributed by atoms with E-state index in [9.17, 15) is 4.79 Å². The Hall–Kier alpha value is -0.570. The highest BCUT2D eigenvalue weighted by Gasteiger charge is 2.44. The molecule has 1 aliphatic carbocycles. The normalized spacial score (nSPS) is 38.7. The van der Waals surface area contributed by atoms with Gasteiger partial charge in [-0.05, 0) is 82.2 Å². The lowest BCUT2D eigenvalue weighted by Gasteiger charge is -2.54. The topological polar surface area (TPSA) is 40.5 Å². The monoisotopic (exact) mass is 265 g/mol. The smallest absolute Gasteiger partial charge is 0.303 e. The van der Waals surface area contributed by atoms with Crippen LogP contribution in [0, 0.1) is 17.8 Å². The molecule has 3 aliphatic rings. The molecule has 2 heterocycles. The Morgan fingerprint density at radius 1 is 1.11 bits per heavy atom. The van der Waals surface area contributed by atoms with Crippen molar-refractivity contribution >= 4 is 5.97 Å². The van der Waals surface area contributed by atoms with Gasteiger partial charge in [0.2, 0.25) is 0 Å². The third kappa shape index (κ3) is 2.81. The minimum Gasteiger partial charge on any atom is -0.481 e. The van der Waals surface area contributed by atoms with Crippen molar-refractivity contribution in [2.75, 3.05) is 13.1 Å². The van der Waals surface area contributed by atoms with Crippen molar-refractivity contribution in [1.29, 1.82) is 0 Å². The SMILES string of the molecule is O=C(O)CCCC1CCC2CCCN3CCCC1C23. The summed E-state index contributed by atoms with van der Waals surface area (Å²) in [6.07, 6.45) is 10.8. The van der Waals surface area contributed by atoms with Gasteiger partial charge in [0.1, 0.15) is 0 Å². The molecule has 1 N–H and O–H groups in total. The first-order chi connectivity index (χ1) is 9.25. The van der Waals surface area contributed by atoms with E-state index in [1.54, 1.807) is 0 Å². The highest BCUT2D eigenvalue weighted by Crippen LogP contribution is 2.47. The first kappa shape index (κ1) is 13.4. The molecular formula is C16H27NO2. The Morgan fingerprint density at radius 3 is 2.68 bits per heavy atom. The summed E-state index contributed by atoms with van der Waals surface area (Å²) in [6.45, 7) is 2.64. The van der Waals surface area contributed by atoms with E-state index >= 15 is 0 Å². The lowest BCUT2D eigenvalue weighted by Crippen LogP contribution is -2.56. The second kappa shape index (κ2) is 5.82. The molecule has 0 bridgehead atoms. The van der Waals surface area contributed by atoms with Crippen molar-refractivity contribution in [3.8, 4) is 0 Å². The predicted octanol–water partition coefficient (Wildman–Crippen LogP) is 3.14. The third-order valence-corrected chi connectivity index (χ3v) is 5.83. The summed E-state index contributed by atoms with van der Waals surface area (Å²) in [4.78, 5) is 13.4. The Labute approximate surface area is 116 Å². The first-order valence-electron chi connectivity index (χ1n) is 8.21. The van der Waals surface area contributed by atoms with Crippen molar-refractivity contribution in [3.63, 3.8) is 0 Å². The van der Waals surface area contributed by atoms with Crippen LogP contribution in [0.15, 0.2) is 0 Å². The summed E-state index contributed by atoms with van der Waals surface area (Å²) in [6, 6.07) is 0.853. The predicted molar refractivity (Wildman–Crippen MR) is 75.0 cm³/mol. The van der Waals surface area contributed by atoms with Crippen LogP contribution in [0.5, 0.6) is 0 Å². The zero-order chi connectivity index (χ0) is 13.2. The van der Waals surface area contributed by atoms with Gasteiger partial charge in [-0.25, -0.2) is 0 Å². The number of aliphatic carboxylic acids is 1. The summed E-state index contributed by atoms with van der Waals surface area (Å²) in [5.74, 6) is 2.01. The lowest BCUT2D eigenvalue weighted by molar-refractivity contribution is -0.137. The second-order valence-corrected chi connectivity index (χ2v) is 6.86. The van der Waals surface area contributed by atoms with Gasteiger partial charge in [-0.2, -0.15) is 0 Å². The van der Waals surface area contributed by atoms with Crippen LogP contribution in [0.1, 0.15) is 57.8 Å². The molecule has 1 saturated carbocycles. The fraction of sp³-hybridized carbons (Fsp3) is 0.938. The number of carboxylic acid groups (broad SMARTS) is 1. The molecule has 3 nitrogen and oxygen atoms in total. The molecule has 3 heteroatoms. The van der Waals surface area contributed by atoms with Crippen LogP contribution in [-0.2, 0) is 4.79 Å².